The van der Waals surface area contributed by atoms with E-state index in [4.69, 9.17) is 32.7 Å². The number of sulfonamides is 1. The van der Waals surface area contributed by atoms with Gasteiger partial charge in [-0.25, -0.2) is 32.0 Å². The minimum Gasteiger partial charge on any atom is -0.491 e. The molecule has 4 aromatic rings. The quantitative estimate of drug-likeness (QED) is 0.125. The van der Waals surface area contributed by atoms with E-state index in [1.807, 2.05) is 4.72 Å². The lowest BCUT2D eigenvalue weighted by Crippen LogP contribution is -2.35. The topological polar surface area (TPSA) is 198 Å². The molecule has 3 heterocycles. The molecule has 0 spiro atoms. The predicted octanol–water partition coefficient (Wildman–Crippen LogP) is 4.11. The Balaban J connectivity index is 0.000000229. The van der Waals surface area contributed by atoms with Crippen molar-refractivity contribution in [3.05, 3.63) is 67.5 Å². The zero-order chi connectivity index (χ0) is 37.1. The summed E-state index contributed by atoms with van der Waals surface area (Å²) in [7, 11) is -1.55. The van der Waals surface area contributed by atoms with E-state index >= 15 is 0 Å². The number of urea groups is 1. The number of methoxy groups -OCH3 is 2. The Morgan fingerprint density at radius 2 is 1.84 bits per heavy atom. The lowest BCUT2D eigenvalue weighted by atomic mass is 10.3. The molecule has 2 amide bonds. The Bertz CT molecular complexity index is 2130. The number of aromatic nitrogens is 5. The lowest BCUT2D eigenvalue weighted by Gasteiger charge is -2.15. The Kier molecular flexibility index (Phi) is 14.2. The van der Waals surface area contributed by atoms with Crippen LogP contribution < -0.4 is 29.2 Å². The fourth-order valence-electron chi connectivity index (χ4n) is 4.28. The van der Waals surface area contributed by atoms with Crippen molar-refractivity contribution in [2.24, 2.45) is 4.99 Å². The average molecular weight is 806 g/mol. The van der Waals surface area contributed by atoms with Gasteiger partial charge in [-0.05, 0) is 55.4 Å². The van der Waals surface area contributed by atoms with Gasteiger partial charge in [-0.1, -0.05) is 23.7 Å². The van der Waals surface area contributed by atoms with Gasteiger partial charge < -0.3 is 14.2 Å². The Morgan fingerprint density at radius 1 is 1.12 bits per heavy atom. The molecule has 1 aliphatic rings. The molecule has 0 unspecified atom stereocenters. The van der Waals surface area contributed by atoms with Gasteiger partial charge >= 0.3 is 22.9 Å². The molecule has 0 saturated carbocycles. The van der Waals surface area contributed by atoms with E-state index < -0.39 is 27.8 Å². The fourth-order valence-corrected chi connectivity index (χ4v) is 7.40. The van der Waals surface area contributed by atoms with Crippen molar-refractivity contribution in [3.63, 3.8) is 0 Å². The average Bonchev–Trinajstić information content (AvgIpc) is 3.42. The van der Waals surface area contributed by atoms with Gasteiger partial charge in [0.25, 0.3) is 10.0 Å². The second kappa shape index (κ2) is 18.3. The van der Waals surface area contributed by atoms with Crippen molar-refractivity contribution < 1.29 is 36.6 Å². The summed E-state index contributed by atoms with van der Waals surface area (Å²) in [5.41, 5.74) is 0.0829. The first-order chi connectivity index (χ1) is 24.3. The zero-order valence-electron chi connectivity index (χ0n) is 27.2. The molecule has 16 nitrogen and oxygen atoms in total. The normalized spacial score (nSPS) is 12.6. The summed E-state index contributed by atoms with van der Waals surface area (Å²) >= 11 is 13.7. The van der Waals surface area contributed by atoms with E-state index in [1.165, 1.54) is 38.5 Å². The molecule has 2 N–H and O–H groups in total. The van der Waals surface area contributed by atoms with Crippen LogP contribution in [0.5, 0.6) is 11.8 Å². The van der Waals surface area contributed by atoms with Gasteiger partial charge in [0.05, 0.1) is 30.9 Å². The van der Waals surface area contributed by atoms with Crippen LogP contribution in [-0.4, -0.2) is 77.2 Å². The van der Waals surface area contributed by atoms with E-state index in [1.54, 1.807) is 22.4 Å². The number of ether oxygens (including phenoxy) is 3. The minimum atomic E-state index is -4.20. The highest BCUT2D eigenvalue weighted by Crippen LogP contribution is 2.33. The van der Waals surface area contributed by atoms with Crippen LogP contribution in [0.1, 0.15) is 18.7 Å². The molecule has 0 atom stereocenters. The van der Waals surface area contributed by atoms with Crippen molar-refractivity contribution in [1.82, 2.24) is 29.0 Å². The number of nitrogens with one attached hydrogen (secondary N) is 2. The molecular weight excluding hydrogens is 774 g/mol. The third-order valence-corrected chi connectivity index (χ3v) is 10.4. The minimum absolute atomic E-state index is 0.0181. The number of fused-ring (bicyclic) bond motifs is 1. The van der Waals surface area contributed by atoms with Gasteiger partial charge in [-0.2, -0.15) is 15.0 Å². The number of anilines is 1. The maximum absolute atomic E-state index is 14.3. The number of amides is 2. The molecule has 2 aromatic heterocycles. The van der Waals surface area contributed by atoms with E-state index in [9.17, 15) is 27.2 Å². The number of carbonyl (C=O) groups excluding carboxylic acids is 2. The number of aryl methyl sites for hydroxylation is 1. The molecule has 0 bridgehead atoms. The van der Waals surface area contributed by atoms with Gasteiger partial charge in [0.1, 0.15) is 34.6 Å². The second-order valence-electron chi connectivity index (χ2n) is 10.1. The number of esters is 1. The van der Waals surface area contributed by atoms with Crippen LogP contribution in [0.4, 0.5) is 20.8 Å². The molecule has 2 aromatic carbocycles. The number of nitrogens with zero attached hydrogens (tertiary/aromatic N) is 6. The fraction of sp³-hybridized carbons (Fsp3) is 0.345. The van der Waals surface area contributed by atoms with Gasteiger partial charge in [-0.15, -0.1) is 23.4 Å². The number of hydrogen-bond donors (Lipinski definition) is 2. The summed E-state index contributed by atoms with van der Waals surface area (Å²) in [6.45, 7) is 3.00. The lowest BCUT2D eigenvalue weighted by molar-refractivity contribution is -0.137. The van der Waals surface area contributed by atoms with Gasteiger partial charge in [-0.3, -0.25) is 19.6 Å². The molecule has 0 aliphatic carbocycles. The van der Waals surface area contributed by atoms with Crippen LogP contribution >= 0.6 is 46.3 Å². The summed E-state index contributed by atoms with van der Waals surface area (Å²) in [6.07, 6.45) is 1.90. The van der Waals surface area contributed by atoms with Crippen molar-refractivity contribution in [2.75, 3.05) is 37.8 Å². The van der Waals surface area contributed by atoms with Crippen LogP contribution in [0.25, 0.3) is 0 Å². The molecule has 51 heavy (non-hydrogen) atoms. The summed E-state index contributed by atoms with van der Waals surface area (Å²) in [5, 5.41) is 2.41. The predicted molar refractivity (Wildman–Crippen MR) is 188 cm³/mol. The molecule has 22 heteroatoms. The number of benzene rings is 2. The monoisotopic (exact) mass is 804 g/mol. The highest BCUT2D eigenvalue weighted by atomic mass is 35.5. The van der Waals surface area contributed by atoms with E-state index in [0.717, 1.165) is 42.0 Å². The van der Waals surface area contributed by atoms with E-state index in [-0.39, 0.29) is 62.3 Å². The molecule has 274 valence electrons. The largest absolute Gasteiger partial charge is 0.491 e. The van der Waals surface area contributed by atoms with Crippen molar-refractivity contribution in [3.8, 4) is 11.8 Å². The number of carbonyl (C=O) groups is 2. The number of halogens is 3. The summed E-state index contributed by atoms with van der Waals surface area (Å²) < 4.78 is 59.2. The van der Waals surface area contributed by atoms with Crippen LogP contribution in [-0.2, 0) is 32.6 Å². The number of para-hydroxylation sites is 1. The number of hydrogen-bond acceptors (Lipinski definition) is 14. The third-order valence-electron chi connectivity index (χ3n) is 6.52. The Morgan fingerprint density at radius 3 is 2.55 bits per heavy atom. The zero-order valence-corrected chi connectivity index (χ0v) is 31.2. The highest BCUT2D eigenvalue weighted by molar-refractivity contribution is 8.00. The number of alkyl halides is 1. The summed E-state index contributed by atoms with van der Waals surface area (Å²) in [6, 6.07) is 7.43. The van der Waals surface area contributed by atoms with Crippen LogP contribution in [0, 0.1) is 12.7 Å². The van der Waals surface area contributed by atoms with Crippen molar-refractivity contribution >= 4 is 80.0 Å². The molecule has 0 radical (unpaired) electrons. The first-order valence-corrected chi connectivity index (χ1v) is 19.0. The van der Waals surface area contributed by atoms with Crippen LogP contribution in [0.15, 0.2) is 56.0 Å². The van der Waals surface area contributed by atoms with Crippen LogP contribution in [0.2, 0.25) is 5.02 Å². The molecule has 0 fully saturated rings. The maximum Gasteiger partial charge on any atom is 0.335 e. The standard InChI is InChI=1S/C15H15ClFN3O3S2.C14H16ClN5O5S/c1-23-13(21)8-24-12-7-11(10(17)6-9(12)16)18-14-19-4-2-3-5-20(19)15(22)25-14;1-9-16-12(19-14(17-9)24-2)18-13(21)20-26(22,23)11-6-4-3-5-10(11)25-8-7-15/h6-7H,2-5,8H2,1H3;3-6H,7-8H2,1-2H3,(H2,16,17,18,19,20,21). The third kappa shape index (κ3) is 10.9. The second-order valence-corrected chi connectivity index (χ2v) is 14.4. The van der Waals surface area contributed by atoms with Crippen molar-refractivity contribution in [1.29, 1.82) is 0 Å². The molecule has 0 saturated heterocycles. The first-order valence-electron chi connectivity index (χ1n) is 14.8. The first kappa shape index (κ1) is 39.5. The van der Waals surface area contributed by atoms with Crippen LogP contribution in [0.3, 0.4) is 0 Å². The van der Waals surface area contributed by atoms with Gasteiger partial charge in [0.2, 0.25) is 10.7 Å². The number of rotatable bonds is 11. The smallest absolute Gasteiger partial charge is 0.335 e. The van der Waals surface area contributed by atoms with Gasteiger partial charge in [0, 0.05) is 18.0 Å². The molecule has 5 rings (SSSR count). The highest BCUT2D eigenvalue weighted by Gasteiger charge is 2.23. The molecular formula is C29H31Cl2FN8O8S3. The van der Waals surface area contributed by atoms with E-state index in [2.05, 4.69) is 30.0 Å². The SMILES string of the molecule is COC(=O)CSc1cc(N=c2sc(=O)n3n2CCCC3)c(F)cc1Cl.COc1nc(C)nc(NC(=O)NS(=O)(=O)c2ccccc2OCCCl)n1. The number of thioether (sulfide) groups is 1. The summed E-state index contributed by atoms with van der Waals surface area (Å²) in [5.74, 6) is -0.536. The Labute approximate surface area is 309 Å². The Hall–Kier alpha value is -4.24. The van der Waals surface area contributed by atoms with E-state index in [0.29, 0.717) is 22.8 Å². The van der Waals surface area contributed by atoms with Crippen molar-refractivity contribution in [2.45, 2.75) is 42.6 Å². The summed E-state index contributed by atoms with van der Waals surface area (Å²) in [4.78, 5) is 51.9. The maximum atomic E-state index is 14.3. The molecule has 1 aliphatic heterocycles. The van der Waals surface area contributed by atoms with Gasteiger partial charge in [0.15, 0.2) is 0 Å².